The van der Waals surface area contributed by atoms with Gasteiger partial charge in [0.05, 0.1) is 8.66 Å². The van der Waals surface area contributed by atoms with E-state index in [4.69, 9.17) is 0 Å². The zero-order chi connectivity index (χ0) is 14.2. The standard InChI is InChI=1S/C11H14BrNO3S3/c1-7-5-8(18-10(7)12)11(14)13-3-4-17-6-9(13)19(2,15)16/h5,9H,3-4,6H2,1-2H3. The van der Waals surface area contributed by atoms with Gasteiger partial charge in [0, 0.05) is 24.3 Å². The van der Waals surface area contributed by atoms with Crippen molar-refractivity contribution in [1.29, 1.82) is 0 Å². The van der Waals surface area contributed by atoms with Crippen LogP contribution in [0.3, 0.4) is 0 Å². The molecule has 2 rings (SSSR count). The molecule has 0 bridgehead atoms. The van der Waals surface area contributed by atoms with E-state index in [1.54, 1.807) is 17.8 Å². The molecule has 4 nitrogen and oxygen atoms in total. The number of amides is 1. The highest BCUT2D eigenvalue weighted by molar-refractivity contribution is 9.11. The Morgan fingerprint density at radius 3 is 2.74 bits per heavy atom. The second kappa shape index (κ2) is 5.75. The Balaban J connectivity index is 2.30. The number of hydrogen-bond donors (Lipinski definition) is 0. The number of aryl methyl sites for hydroxylation is 1. The zero-order valence-electron chi connectivity index (χ0n) is 10.6. The van der Waals surface area contributed by atoms with Crippen LogP contribution in [-0.2, 0) is 9.84 Å². The third-order valence-electron chi connectivity index (χ3n) is 2.91. The monoisotopic (exact) mass is 383 g/mol. The average molecular weight is 384 g/mol. The first-order valence-electron chi connectivity index (χ1n) is 5.64. The maximum absolute atomic E-state index is 12.5. The maximum atomic E-state index is 12.5. The molecule has 106 valence electrons. The molecular weight excluding hydrogens is 370 g/mol. The van der Waals surface area contributed by atoms with Gasteiger partial charge < -0.3 is 4.90 Å². The van der Waals surface area contributed by atoms with Crippen LogP contribution in [0.2, 0.25) is 0 Å². The van der Waals surface area contributed by atoms with E-state index < -0.39 is 15.2 Å². The summed E-state index contributed by atoms with van der Waals surface area (Å²) in [6, 6.07) is 1.80. The summed E-state index contributed by atoms with van der Waals surface area (Å²) in [6.45, 7) is 2.40. The van der Waals surface area contributed by atoms with Crippen molar-refractivity contribution < 1.29 is 13.2 Å². The topological polar surface area (TPSA) is 54.5 Å². The molecule has 1 aliphatic heterocycles. The molecule has 0 aliphatic carbocycles. The highest BCUT2D eigenvalue weighted by Gasteiger charge is 2.35. The number of rotatable bonds is 2. The SMILES string of the molecule is Cc1cc(C(=O)N2CCSCC2S(C)(=O)=O)sc1Br. The van der Waals surface area contributed by atoms with Crippen LogP contribution in [0.15, 0.2) is 9.85 Å². The fraction of sp³-hybridized carbons (Fsp3) is 0.545. The number of hydrogen-bond acceptors (Lipinski definition) is 5. The van der Waals surface area contributed by atoms with Crippen LogP contribution < -0.4 is 0 Å². The molecule has 1 amide bonds. The van der Waals surface area contributed by atoms with Crippen LogP contribution in [0.4, 0.5) is 0 Å². The smallest absolute Gasteiger partial charge is 0.265 e. The number of nitrogens with zero attached hydrogens (tertiary/aromatic N) is 1. The van der Waals surface area contributed by atoms with E-state index in [0.717, 1.165) is 15.1 Å². The van der Waals surface area contributed by atoms with E-state index in [1.807, 2.05) is 6.92 Å². The summed E-state index contributed by atoms with van der Waals surface area (Å²) in [5, 5.41) is -0.708. The van der Waals surface area contributed by atoms with E-state index in [0.29, 0.717) is 17.2 Å². The Kier molecular flexibility index (Phi) is 4.64. The number of halogens is 1. The van der Waals surface area contributed by atoms with Gasteiger partial charge >= 0.3 is 0 Å². The van der Waals surface area contributed by atoms with E-state index in [1.165, 1.54) is 22.5 Å². The van der Waals surface area contributed by atoms with Gasteiger partial charge in [-0.2, -0.15) is 11.8 Å². The van der Waals surface area contributed by atoms with Crippen molar-refractivity contribution in [2.45, 2.75) is 12.3 Å². The minimum Gasteiger partial charge on any atom is -0.319 e. The second-order valence-corrected chi connectivity index (χ2v) is 10.1. The molecule has 1 aromatic heterocycles. The lowest BCUT2D eigenvalue weighted by atomic mass is 10.3. The summed E-state index contributed by atoms with van der Waals surface area (Å²) in [4.78, 5) is 14.5. The van der Waals surface area contributed by atoms with Crippen molar-refractivity contribution >= 4 is 54.8 Å². The lowest BCUT2D eigenvalue weighted by Gasteiger charge is -2.33. The lowest BCUT2D eigenvalue weighted by Crippen LogP contribution is -2.49. The fourth-order valence-corrected chi connectivity index (χ4v) is 6.18. The summed E-state index contributed by atoms with van der Waals surface area (Å²) in [7, 11) is -3.25. The van der Waals surface area contributed by atoms with Gasteiger partial charge in [-0.1, -0.05) is 0 Å². The van der Waals surface area contributed by atoms with Crippen LogP contribution in [0.5, 0.6) is 0 Å². The van der Waals surface area contributed by atoms with Crippen LogP contribution in [0, 0.1) is 6.92 Å². The number of thiophene rings is 1. The highest BCUT2D eigenvalue weighted by atomic mass is 79.9. The quantitative estimate of drug-likeness (QED) is 0.786. The van der Waals surface area contributed by atoms with Crippen LogP contribution >= 0.6 is 39.0 Å². The van der Waals surface area contributed by atoms with Crippen molar-refractivity contribution in [3.05, 3.63) is 20.3 Å². The van der Waals surface area contributed by atoms with Crippen LogP contribution in [-0.4, -0.2) is 48.9 Å². The number of carbonyl (C=O) groups excluding carboxylic acids is 1. The molecule has 1 aromatic rings. The minimum atomic E-state index is -3.25. The number of thioether (sulfide) groups is 1. The third-order valence-corrected chi connectivity index (χ3v) is 7.68. The molecular formula is C11H14BrNO3S3. The highest BCUT2D eigenvalue weighted by Crippen LogP contribution is 2.30. The normalized spacial score (nSPS) is 20.6. The number of carbonyl (C=O) groups is 1. The molecule has 1 fully saturated rings. The van der Waals surface area contributed by atoms with Crippen molar-refractivity contribution in [3.63, 3.8) is 0 Å². The molecule has 1 saturated heterocycles. The van der Waals surface area contributed by atoms with Crippen LogP contribution in [0.25, 0.3) is 0 Å². The molecule has 2 heterocycles. The average Bonchev–Trinajstić information content (AvgIpc) is 2.68. The summed E-state index contributed by atoms with van der Waals surface area (Å²) in [5.41, 5.74) is 0.996. The van der Waals surface area contributed by atoms with E-state index >= 15 is 0 Å². The Labute approximate surface area is 129 Å². The second-order valence-electron chi connectivity index (χ2n) is 4.43. The molecule has 0 radical (unpaired) electrons. The predicted octanol–water partition coefficient (Wildman–Crippen LogP) is 2.38. The lowest BCUT2D eigenvalue weighted by molar-refractivity contribution is 0.0754. The molecule has 19 heavy (non-hydrogen) atoms. The summed E-state index contributed by atoms with van der Waals surface area (Å²) < 4.78 is 24.5. The summed E-state index contributed by atoms with van der Waals surface area (Å²) in [5.74, 6) is 1.05. The van der Waals surface area contributed by atoms with Gasteiger partial charge in [0.25, 0.3) is 5.91 Å². The van der Waals surface area contributed by atoms with Crippen molar-refractivity contribution in [2.75, 3.05) is 24.3 Å². The Morgan fingerprint density at radius 1 is 1.53 bits per heavy atom. The molecule has 0 N–H and O–H groups in total. The van der Waals surface area contributed by atoms with Gasteiger partial charge in [-0.05, 0) is 34.5 Å². The Morgan fingerprint density at radius 2 is 2.21 bits per heavy atom. The molecule has 1 atom stereocenters. The number of sulfone groups is 1. The first kappa shape index (κ1) is 15.3. The zero-order valence-corrected chi connectivity index (χ0v) is 14.6. The van der Waals surface area contributed by atoms with Crippen molar-refractivity contribution in [3.8, 4) is 0 Å². The molecule has 8 heteroatoms. The third kappa shape index (κ3) is 3.34. The van der Waals surface area contributed by atoms with Gasteiger partial charge in [-0.3, -0.25) is 4.79 Å². The first-order chi connectivity index (χ1) is 8.80. The van der Waals surface area contributed by atoms with Crippen molar-refractivity contribution in [1.82, 2.24) is 4.90 Å². The summed E-state index contributed by atoms with van der Waals surface area (Å²) >= 11 is 6.32. The molecule has 0 saturated carbocycles. The van der Waals surface area contributed by atoms with Gasteiger partial charge in [0.2, 0.25) is 0 Å². The maximum Gasteiger partial charge on any atom is 0.265 e. The molecule has 1 unspecified atom stereocenters. The Bertz CT molecular complexity index is 577. The fourth-order valence-electron chi connectivity index (χ4n) is 1.87. The molecule has 0 spiro atoms. The predicted molar refractivity (Wildman–Crippen MR) is 83.7 cm³/mol. The van der Waals surface area contributed by atoms with Gasteiger partial charge in [0.1, 0.15) is 5.37 Å². The van der Waals surface area contributed by atoms with Crippen molar-refractivity contribution in [2.24, 2.45) is 0 Å². The van der Waals surface area contributed by atoms with E-state index in [9.17, 15) is 13.2 Å². The minimum absolute atomic E-state index is 0.186. The van der Waals surface area contributed by atoms with E-state index in [-0.39, 0.29) is 5.91 Å². The van der Waals surface area contributed by atoms with Gasteiger partial charge in [0.15, 0.2) is 9.84 Å². The Hall–Kier alpha value is -0.0500. The molecule has 0 aromatic carbocycles. The van der Waals surface area contributed by atoms with Gasteiger partial charge in [-0.25, -0.2) is 8.42 Å². The van der Waals surface area contributed by atoms with E-state index in [2.05, 4.69) is 15.9 Å². The van der Waals surface area contributed by atoms with Gasteiger partial charge in [-0.15, -0.1) is 11.3 Å². The first-order valence-corrected chi connectivity index (χ1v) is 10.4. The largest absolute Gasteiger partial charge is 0.319 e. The molecule has 1 aliphatic rings. The summed E-state index contributed by atoms with van der Waals surface area (Å²) in [6.07, 6.45) is 1.19. The van der Waals surface area contributed by atoms with Crippen LogP contribution in [0.1, 0.15) is 15.2 Å².